The standard InChI is InChI=1S/C15H17ClN2O/c1-10-8-13(15(19)18(3)11(2)9-16)12-6-4-5-7-14(12)17-10/h4-8,11H,9H2,1-3H3. The fraction of sp³-hybridized carbons (Fsp3) is 0.333. The third-order valence-electron chi connectivity index (χ3n) is 3.28. The Labute approximate surface area is 118 Å². The van der Waals surface area contributed by atoms with Crippen LogP contribution in [0.4, 0.5) is 0 Å². The molecule has 0 saturated heterocycles. The zero-order valence-electron chi connectivity index (χ0n) is 11.4. The van der Waals surface area contributed by atoms with Gasteiger partial charge in [-0.3, -0.25) is 9.78 Å². The summed E-state index contributed by atoms with van der Waals surface area (Å²) >= 11 is 5.82. The van der Waals surface area contributed by atoms with Crippen molar-refractivity contribution in [2.24, 2.45) is 0 Å². The van der Waals surface area contributed by atoms with Crippen LogP contribution < -0.4 is 0 Å². The summed E-state index contributed by atoms with van der Waals surface area (Å²) in [6.07, 6.45) is 0. The molecule has 0 spiro atoms. The second kappa shape index (κ2) is 5.57. The zero-order chi connectivity index (χ0) is 14.0. The maximum Gasteiger partial charge on any atom is 0.254 e. The molecule has 1 unspecified atom stereocenters. The minimum atomic E-state index is -0.0187. The second-order valence-corrected chi connectivity index (χ2v) is 5.06. The molecule has 4 heteroatoms. The number of rotatable bonds is 3. The third-order valence-corrected chi connectivity index (χ3v) is 3.73. The molecule has 0 aliphatic heterocycles. The van der Waals surface area contributed by atoms with Crippen molar-refractivity contribution in [2.45, 2.75) is 19.9 Å². The molecule has 19 heavy (non-hydrogen) atoms. The third kappa shape index (κ3) is 2.71. The first-order valence-corrected chi connectivity index (χ1v) is 6.77. The normalized spacial score (nSPS) is 12.4. The van der Waals surface area contributed by atoms with Gasteiger partial charge in [0.15, 0.2) is 0 Å². The number of hydrogen-bond acceptors (Lipinski definition) is 2. The summed E-state index contributed by atoms with van der Waals surface area (Å²) in [5.41, 5.74) is 2.37. The Bertz CT molecular complexity index is 612. The van der Waals surface area contributed by atoms with E-state index in [0.717, 1.165) is 16.6 Å². The quantitative estimate of drug-likeness (QED) is 0.807. The lowest BCUT2D eigenvalue weighted by molar-refractivity contribution is 0.0758. The van der Waals surface area contributed by atoms with Gasteiger partial charge in [-0.2, -0.15) is 0 Å². The molecule has 0 fully saturated rings. The first kappa shape index (κ1) is 13.8. The average Bonchev–Trinajstić information content (AvgIpc) is 2.43. The molecular weight excluding hydrogens is 260 g/mol. The van der Waals surface area contributed by atoms with Crippen LogP contribution in [0.1, 0.15) is 23.0 Å². The van der Waals surface area contributed by atoms with Crippen molar-refractivity contribution in [1.82, 2.24) is 9.88 Å². The van der Waals surface area contributed by atoms with Crippen LogP contribution in [-0.2, 0) is 0 Å². The molecule has 0 aliphatic carbocycles. The summed E-state index contributed by atoms with van der Waals surface area (Å²) in [5.74, 6) is 0.402. The predicted octanol–water partition coefficient (Wildman–Crippen LogP) is 3.24. The first-order chi connectivity index (χ1) is 9.04. The predicted molar refractivity (Wildman–Crippen MR) is 78.8 cm³/mol. The molecule has 2 rings (SSSR count). The fourth-order valence-corrected chi connectivity index (χ4v) is 2.19. The number of para-hydroxylation sites is 1. The molecular formula is C15H17ClN2O. The van der Waals surface area contributed by atoms with Crippen molar-refractivity contribution in [3.63, 3.8) is 0 Å². The molecule has 2 aromatic rings. The van der Waals surface area contributed by atoms with Gasteiger partial charge in [0.1, 0.15) is 0 Å². The van der Waals surface area contributed by atoms with Crippen LogP contribution in [0, 0.1) is 6.92 Å². The van der Waals surface area contributed by atoms with E-state index in [0.29, 0.717) is 11.4 Å². The van der Waals surface area contributed by atoms with Crippen LogP contribution in [-0.4, -0.2) is 34.8 Å². The average molecular weight is 277 g/mol. The van der Waals surface area contributed by atoms with Gasteiger partial charge in [-0.25, -0.2) is 0 Å². The molecule has 0 N–H and O–H groups in total. The van der Waals surface area contributed by atoms with Crippen molar-refractivity contribution in [3.8, 4) is 0 Å². The van der Waals surface area contributed by atoms with Gasteiger partial charge in [0.2, 0.25) is 0 Å². The van der Waals surface area contributed by atoms with E-state index in [9.17, 15) is 4.79 Å². The highest BCUT2D eigenvalue weighted by Crippen LogP contribution is 2.20. The zero-order valence-corrected chi connectivity index (χ0v) is 12.1. The van der Waals surface area contributed by atoms with Crippen LogP contribution in [0.15, 0.2) is 30.3 Å². The van der Waals surface area contributed by atoms with Gasteiger partial charge in [0.05, 0.1) is 11.1 Å². The second-order valence-electron chi connectivity index (χ2n) is 4.75. The minimum Gasteiger partial charge on any atom is -0.338 e. The highest BCUT2D eigenvalue weighted by Gasteiger charge is 2.19. The Morgan fingerprint density at radius 3 is 2.79 bits per heavy atom. The Morgan fingerprint density at radius 1 is 1.42 bits per heavy atom. The van der Waals surface area contributed by atoms with E-state index < -0.39 is 0 Å². The maximum absolute atomic E-state index is 12.6. The van der Waals surface area contributed by atoms with Gasteiger partial charge in [0, 0.05) is 30.0 Å². The van der Waals surface area contributed by atoms with Gasteiger partial charge in [0.25, 0.3) is 5.91 Å². The number of benzene rings is 1. The Hall–Kier alpha value is -1.61. The van der Waals surface area contributed by atoms with E-state index in [-0.39, 0.29) is 11.9 Å². The van der Waals surface area contributed by atoms with Crippen LogP contribution in [0.25, 0.3) is 10.9 Å². The number of hydrogen-bond donors (Lipinski definition) is 0. The van der Waals surface area contributed by atoms with E-state index in [1.54, 1.807) is 11.9 Å². The highest BCUT2D eigenvalue weighted by molar-refractivity contribution is 6.18. The summed E-state index contributed by atoms with van der Waals surface area (Å²) in [7, 11) is 1.78. The Morgan fingerprint density at radius 2 is 2.11 bits per heavy atom. The number of amides is 1. The molecule has 1 aromatic carbocycles. The van der Waals surface area contributed by atoms with Crippen molar-refractivity contribution in [1.29, 1.82) is 0 Å². The van der Waals surface area contributed by atoms with Crippen LogP contribution in [0.2, 0.25) is 0 Å². The van der Waals surface area contributed by atoms with Crippen LogP contribution in [0.5, 0.6) is 0 Å². The monoisotopic (exact) mass is 276 g/mol. The first-order valence-electron chi connectivity index (χ1n) is 6.24. The van der Waals surface area contributed by atoms with Crippen molar-refractivity contribution < 1.29 is 4.79 Å². The van der Waals surface area contributed by atoms with Gasteiger partial charge in [-0.1, -0.05) is 18.2 Å². The SMILES string of the molecule is Cc1cc(C(=O)N(C)C(C)CCl)c2ccccc2n1. The summed E-state index contributed by atoms with van der Waals surface area (Å²) in [4.78, 5) is 18.7. The lowest BCUT2D eigenvalue weighted by Crippen LogP contribution is -2.36. The highest BCUT2D eigenvalue weighted by atomic mass is 35.5. The Balaban J connectivity index is 2.53. The van der Waals surface area contributed by atoms with Crippen LogP contribution >= 0.6 is 11.6 Å². The number of fused-ring (bicyclic) bond motifs is 1. The number of carbonyl (C=O) groups excluding carboxylic acids is 1. The molecule has 1 aromatic heterocycles. The number of nitrogens with zero attached hydrogens (tertiary/aromatic N) is 2. The number of alkyl halides is 1. The fourth-order valence-electron chi connectivity index (χ4n) is 1.98. The molecule has 0 saturated carbocycles. The van der Waals surface area contributed by atoms with Crippen molar-refractivity contribution >= 4 is 28.4 Å². The number of halogens is 1. The van der Waals surface area contributed by atoms with E-state index >= 15 is 0 Å². The van der Waals surface area contributed by atoms with E-state index in [4.69, 9.17) is 11.6 Å². The summed E-state index contributed by atoms with van der Waals surface area (Å²) in [6, 6.07) is 9.52. The van der Waals surface area contributed by atoms with E-state index in [1.165, 1.54) is 0 Å². The van der Waals surface area contributed by atoms with Gasteiger partial charge >= 0.3 is 0 Å². The molecule has 1 heterocycles. The molecule has 3 nitrogen and oxygen atoms in total. The lowest BCUT2D eigenvalue weighted by Gasteiger charge is -2.23. The molecule has 100 valence electrons. The summed E-state index contributed by atoms with van der Waals surface area (Å²) in [6.45, 7) is 3.83. The van der Waals surface area contributed by atoms with E-state index in [1.807, 2.05) is 44.2 Å². The smallest absolute Gasteiger partial charge is 0.254 e. The number of aryl methyl sites for hydroxylation is 1. The van der Waals surface area contributed by atoms with Crippen LogP contribution in [0.3, 0.4) is 0 Å². The van der Waals surface area contributed by atoms with Gasteiger partial charge < -0.3 is 4.90 Å². The largest absolute Gasteiger partial charge is 0.338 e. The number of aromatic nitrogens is 1. The number of carbonyl (C=O) groups is 1. The van der Waals surface area contributed by atoms with Crippen molar-refractivity contribution in [2.75, 3.05) is 12.9 Å². The van der Waals surface area contributed by atoms with Crippen molar-refractivity contribution in [3.05, 3.63) is 41.6 Å². The summed E-state index contributed by atoms with van der Waals surface area (Å²) < 4.78 is 0. The van der Waals surface area contributed by atoms with Gasteiger partial charge in [-0.15, -0.1) is 11.6 Å². The summed E-state index contributed by atoms with van der Waals surface area (Å²) in [5, 5.41) is 0.881. The molecule has 1 amide bonds. The topological polar surface area (TPSA) is 33.2 Å². The molecule has 0 radical (unpaired) electrons. The maximum atomic E-state index is 12.6. The minimum absolute atomic E-state index is 0.00130. The van der Waals surface area contributed by atoms with Gasteiger partial charge in [-0.05, 0) is 26.0 Å². The molecule has 0 bridgehead atoms. The van der Waals surface area contributed by atoms with E-state index in [2.05, 4.69) is 4.98 Å². The number of pyridine rings is 1. The Kier molecular flexibility index (Phi) is 4.05. The lowest BCUT2D eigenvalue weighted by atomic mass is 10.1. The molecule has 1 atom stereocenters. The molecule has 0 aliphatic rings.